The lowest BCUT2D eigenvalue weighted by Crippen LogP contribution is -2.44. The normalized spacial score (nSPS) is 20.4. The maximum atomic E-state index is 12.7. The van der Waals surface area contributed by atoms with E-state index in [0.29, 0.717) is 0 Å². The predicted octanol–water partition coefficient (Wildman–Crippen LogP) is 3.36. The number of carbonyl (C=O) groups excluding carboxylic acids is 2. The zero-order valence-electron chi connectivity index (χ0n) is 12.5. The van der Waals surface area contributed by atoms with E-state index in [4.69, 9.17) is 23.2 Å². The van der Waals surface area contributed by atoms with Gasteiger partial charge < -0.3 is 15.5 Å². The lowest BCUT2D eigenvalue weighted by Gasteiger charge is -2.27. The summed E-state index contributed by atoms with van der Waals surface area (Å²) in [7, 11) is 0. The summed E-state index contributed by atoms with van der Waals surface area (Å²) in [5.74, 6) is -2.25. The zero-order valence-corrected chi connectivity index (χ0v) is 14.0. The second-order valence-electron chi connectivity index (χ2n) is 5.66. The van der Waals surface area contributed by atoms with Crippen molar-refractivity contribution in [3.05, 3.63) is 57.6 Å². The largest absolute Gasteiger partial charge is 0.508 e. The Morgan fingerprint density at radius 1 is 1.21 bits per heavy atom. The smallest absolute Gasteiger partial charge is 0.261 e. The molecule has 1 amide bonds. The van der Waals surface area contributed by atoms with Crippen molar-refractivity contribution in [2.24, 2.45) is 5.92 Å². The summed E-state index contributed by atoms with van der Waals surface area (Å²) >= 11 is 12.0. The summed E-state index contributed by atoms with van der Waals surface area (Å²) in [6, 6.07) is 8.44. The Kier molecular flexibility index (Phi) is 4.03. The molecule has 24 heavy (non-hydrogen) atoms. The third kappa shape index (κ3) is 2.45. The Balaban J connectivity index is 2.06. The van der Waals surface area contributed by atoms with Gasteiger partial charge >= 0.3 is 0 Å². The van der Waals surface area contributed by atoms with E-state index in [1.807, 2.05) is 0 Å². The van der Waals surface area contributed by atoms with Crippen molar-refractivity contribution in [1.82, 2.24) is 0 Å². The van der Waals surface area contributed by atoms with Crippen molar-refractivity contribution in [3.63, 3.8) is 0 Å². The standard InChI is InChI=1S/C17H13Cl2NO4/c1-8(15(22)9-2-4-11(21)5-3-9)17(24)12-6-10(18)7-13(19)14(12)20-16(17)23/h2-8,21,24H,1H3,(H,20,23)/t8-,17+/m1/s1. The van der Waals surface area contributed by atoms with Crippen molar-refractivity contribution < 1.29 is 19.8 Å². The highest BCUT2D eigenvalue weighted by Crippen LogP contribution is 2.46. The number of phenols is 1. The van der Waals surface area contributed by atoms with Gasteiger partial charge in [-0.3, -0.25) is 9.59 Å². The third-order valence-corrected chi connectivity index (χ3v) is 4.74. The highest BCUT2D eigenvalue weighted by molar-refractivity contribution is 6.37. The number of fused-ring (bicyclic) bond motifs is 1. The van der Waals surface area contributed by atoms with Gasteiger partial charge in [-0.05, 0) is 36.4 Å². The fourth-order valence-corrected chi connectivity index (χ4v) is 3.37. The second kappa shape index (κ2) is 5.77. The van der Waals surface area contributed by atoms with Crippen LogP contribution in [0.25, 0.3) is 0 Å². The molecule has 0 fully saturated rings. The summed E-state index contributed by atoms with van der Waals surface area (Å²) < 4.78 is 0. The Labute approximate surface area is 147 Å². The van der Waals surface area contributed by atoms with Gasteiger partial charge in [0.25, 0.3) is 5.91 Å². The van der Waals surface area contributed by atoms with Gasteiger partial charge in [0.2, 0.25) is 0 Å². The molecule has 0 saturated heterocycles. The molecule has 2 atom stereocenters. The number of ketones is 1. The number of carbonyl (C=O) groups is 2. The number of anilines is 1. The van der Waals surface area contributed by atoms with E-state index in [1.54, 1.807) is 0 Å². The first-order chi connectivity index (χ1) is 11.2. The lowest BCUT2D eigenvalue weighted by atomic mass is 9.79. The fourth-order valence-electron chi connectivity index (χ4n) is 2.83. The van der Waals surface area contributed by atoms with Crippen LogP contribution in [-0.2, 0) is 10.4 Å². The molecule has 1 heterocycles. The average Bonchev–Trinajstić information content (AvgIpc) is 2.80. The van der Waals surface area contributed by atoms with E-state index < -0.39 is 23.2 Å². The van der Waals surface area contributed by atoms with E-state index in [9.17, 15) is 19.8 Å². The fraction of sp³-hybridized carbons (Fsp3) is 0.176. The number of aromatic hydroxyl groups is 1. The number of Topliss-reactive ketones (excluding diaryl/α,β-unsaturated/α-hetero) is 1. The molecular formula is C17H13Cl2NO4. The molecule has 2 aromatic carbocycles. The number of hydrogen-bond donors (Lipinski definition) is 3. The molecule has 0 radical (unpaired) electrons. The van der Waals surface area contributed by atoms with Gasteiger partial charge in [0.1, 0.15) is 5.75 Å². The van der Waals surface area contributed by atoms with Gasteiger partial charge in [0, 0.05) is 16.1 Å². The van der Waals surface area contributed by atoms with E-state index >= 15 is 0 Å². The number of amides is 1. The van der Waals surface area contributed by atoms with Gasteiger partial charge in [0.05, 0.1) is 16.6 Å². The molecule has 3 N–H and O–H groups in total. The monoisotopic (exact) mass is 365 g/mol. The highest BCUT2D eigenvalue weighted by atomic mass is 35.5. The van der Waals surface area contributed by atoms with Gasteiger partial charge in [-0.1, -0.05) is 30.1 Å². The van der Waals surface area contributed by atoms with Crippen molar-refractivity contribution >= 4 is 40.6 Å². The summed E-state index contributed by atoms with van der Waals surface area (Å²) in [5, 5.41) is 23.3. The molecule has 0 saturated carbocycles. The Morgan fingerprint density at radius 3 is 2.46 bits per heavy atom. The number of nitrogens with one attached hydrogen (secondary N) is 1. The minimum atomic E-state index is -2.08. The maximum Gasteiger partial charge on any atom is 0.261 e. The number of aliphatic hydroxyl groups is 1. The quantitative estimate of drug-likeness (QED) is 0.727. The van der Waals surface area contributed by atoms with Crippen LogP contribution in [0.15, 0.2) is 36.4 Å². The molecule has 2 aromatic rings. The summed E-state index contributed by atoms with van der Waals surface area (Å²) in [6.45, 7) is 1.46. The molecule has 7 heteroatoms. The van der Waals surface area contributed by atoms with Crippen molar-refractivity contribution in [3.8, 4) is 5.75 Å². The lowest BCUT2D eigenvalue weighted by molar-refractivity contribution is -0.137. The van der Waals surface area contributed by atoms with Gasteiger partial charge in [-0.15, -0.1) is 0 Å². The Bertz CT molecular complexity index is 850. The van der Waals surface area contributed by atoms with Crippen molar-refractivity contribution in [2.45, 2.75) is 12.5 Å². The number of rotatable bonds is 3. The third-order valence-electron chi connectivity index (χ3n) is 4.22. The van der Waals surface area contributed by atoms with E-state index in [-0.39, 0.29) is 32.6 Å². The molecule has 0 bridgehead atoms. The van der Waals surface area contributed by atoms with E-state index in [2.05, 4.69) is 5.32 Å². The first-order valence-corrected chi connectivity index (χ1v) is 7.87. The van der Waals surface area contributed by atoms with Crippen LogP contribution in [0, 0.1) is 5.92 Å². The van der Waals surface area contributed by atoms with Crippen molar-refractivity contribution in [1.29, 1.82) is 0 Å². The second-order valence-corrected chi connectivity index (χ2v) is 6.51. The van der Waals surface area contributed by atoms with Crippen LogP contribution in [0.2, 0.25) is 10.0 Å². The topological polar surface area (TPSA) is 86.6 Å². The molecule has 0 unspecified atom stereocenters. The molecule has 124 valence electrons. The molecule has 1 aliphatic heterocycles. The van der Waals surface area contributed by atoms with Crippen LogP contribution < -0.4 is 5.32 Å². The molecule has 5 nitrogen and oxygen atoms in total. The minimum Gasteiger partial charge on any atom is -0.508 e. The van der Waals surface area contributed by atoms with Crippen LogP contribution in [0.3, 0.4) is 0 Å². The van der Waals surface area contributed by atoms with Gasteiger partial charge in [0.15, 0.2) is 11.4 Å². The average molecular weight is 366 g/mol. The van der Waals surface area contributed by atoms with Crippen LogP contribution >= 0.6 is 23.2 Å². The Morgan fingerprint density at radius 2 is 1.83 bits per heavy atom. The van der Waals surface area contributed by atoms with Gasteiger partial charge in [-0.25, -0.2) is 0 Å². The maximum absolute atomic E-state index is 12.7. The molecule has 1 aliphatic rings. The molecule has 0 aromatic heterocycles. The van der Waals surface area contributed by atoms with Crippen LogP contribution in [0.1, 0.15) is 22.8 Å². The first-order valence-electron chi connectivity index (χ1n) is 7.11. The summed E-state index contributed by atoms with van der Waals surface area (Å²) in [6.07, 6.45) is 0. The van der Waals surface area contributed by atoms with E-state index in [1.165, 1.54) is 43.3 Å². The molecule has 0 spiro atoms. The summed E-state index contributed by atoms with van der Waals surface area (Å²) in [4.78, 5) is 25.1. The first kappa shape index (κ1) is 16.8. The zero-order chi connectivity index (χ0) is 17.6. The minimum absolute atomic E-state index is 0.0143. The molecular weight excluding hydrogens is 353 g/mol. The number of hydrogen-bond acceptors (Lipinski definition) is 4. The number of halogens is 2. The van der Waals surface area contributed by atoms with Crippen molar-refractivity contribution in [2.75, 3.05) is 5.32 Å². The van der Waals surface area contributed by atoms with Crippen LogP contribution in [0.4, 0.5) is 5.69 Å². The highest BCUT2D eigenvalue weighted by Gasteiger charge is 2.52. The molecule has 3 rings (SSSR count). The van der Waals surface area contributed by atoms with Crippen LogP contribution in [0.5, 0.6) is 5.75 Å². The predicted molar refractivity (Wildman–Crippen MR) is 90.6 cm³/mol. The Hall–Kier alpha value is -2.08. The SMILES string of the molecule is C[C@H](C(=O)c1ccc(O)cc1)[C@@]1(O)C(=O)Nc2c(Cl)cc(Cl)cc21. The van der Waals surface area contributed by atoms with E-state index in [0.717, 1.165) is 0 Å². The number of phenolic OH excluding ortho intramolecular Hbond substituents is 1. The van der Waals surface area contributed by atoms with Gasteiger partial charge in [-0.2, -0.15) is 0 Å². The summed E-state index contributed by atoms with van der Waals surface area (Å²) in [5.41, 5.74) is -1.40. The molecule has 0 aliphatic carbocycles. The number of benzene rings is 2. The van der Waals surface area contributed by atoms with Crippen LogP contribution in [-0.4, -0.2) is 21.9 Å².